The third kappa shape index (κ3) is 4.09. The lowest BCUT2D eigenvalue weighted by molar-refractivity contribution is 0.187. The molecule has 6 N–H and O–H groups in total. The van der Waals surface area contributed by atoms with Crippen molar-refractivity contribution < 1.29 is 5.11 Å². The van der Waals surface area contributed by atoms with E-state index >= 15 is 0 Å². The maximum atomic E-state index is 9.87. The van der Waals surface area contributed by atoms with E-state index in [2.05, 4.69) is 32.9 Å². The molecular weight excluding hydrogens is 380 g/mol. The molecule has 3 rings (SSSR count). The van der Waals surface area contributed by atoms with Gasteiger partial charge in [-0.05, 0) is 69.8 Å². The van der Waals surface area contributed by atoms with Crippen LogP contribution in [0.25, 0.3) is 10.9 Å². The number of halogens is 1. The van der Waals surface area contributed by atoms with Crippen LogP contribution in [0, 0.1) is 5.92 Å². The molecule has 0 aliphatic heterocycles. The normalized spacial score (nSPS) is 18.7. The lowest BCUT2D eigenvalue weighted by atomic mass is 9.86. The Morgan fingerprint density at radius 1 is 1.40 bits per heavy atom. The molecule has 0 saturated heterocycles. The first-order valence-electron chi connectivity index (χ1n) is 9.15. The molecule has 0 radical (unpaired) electrons. The van der Waals surface area contributed by atoms with Gasteiger partial charge >= 0.3 is 0 Å². The van der Waals surface area contributed by atoms with Crippen LogP contribution in [0.15, 0.2) is 16.6 Å². The van der Waals surface area contributed by atoms with Crippen molar-refractivity contribution in [2.24, 2.45) is 17.4 Å². The van der Waals surface area contributed by atoms with Gasteiger partial charge in [0.15, 0.2) is 0 Å². The Kier molecular flexibility index (Phi) is 6.17. The van der Waals surface area contributed by atoms with Gasteiger partial charge in [0.25, 0.3) is 0 Å². The number of aromatic nitrogens is 1. The van der Waals surface area contributed by atoms with Crippen molar-refractivity contribution in [2.45, 2.75) is 38.3 Å². The molecular formula is C19H29BrN4O. The van der Waals surface area contributed by atoms with Crippen molar-refractivity contribution in [1.29, 1.82) is 0 Å². The molecule has 2 atom stereocenters. The summed E-state index contributed by atoms with van der Waals surface area (Å²) in [6, 6.07) is 3.88. The van der Waals surface area contributed by atoms with Gasteiger partial charge in [-0.2, -0.15) is 0 Å². The van der Waals surface area contributed by atoms with Crippen molar-refractivity contribution in [3.05, 3.63) is 33.4 Å². The highest BCUT2D eigenvalue weighted by molar-refractivity contribution is 9.10. The van der Waals surface area contributed by atoms with Crippen molar-refractivity contribution in [2.75, 3.05) is 26.7 Å². The number of fused-ring (bicyclic) bond motifs is 3. The maximum Gasteiger partial charge on any atom is 0.130 e. The van der Waals surface area contributed by atoms with Crippen LogP contribution < -0.4 is 11.5 Å². The molecule has 0 spiro atoms. The summed E-state index contributed by atoms with van der Waals surface area (Å²) in [5, 5.41) is 11.1. The lowest BCUT2D eigenvalue weighted by Crippen LogP contribution is -2.30. The first kappa shape index (κ1) is 18.9. The van der Waals surface area contributed by atoms with E-state index in [0.717, 1.165) is 54.4 Å². The van der Waals surface area contributed by atoms with Gasteiger partial charge in [0.05, 0.1) is 5.52 Å². The van der Waals surface area contributed by atoms with Gasteiger partial charge in [0.2, 0.25) is 0 Å². The average Bonchev–Trinajstić information content (AvgIpc) is 2.94. The molecule has 1 heterocycles. The highest BCUT2D eigenvalue weighted by Gasteiger charge is 2.25. The summed E-state index contributed by atoms with van der Waals surface area (Å²) in [5.41, 5.74) is 15.8. The Morgan fingerprint density at radius 3 is 2.92 bits per heavy atom. The van der Waals surface area contributed by atoms with Gasteiger partial charge in [-0.15, -0.1) is 0 Å². The average molecular weight is 409 g/mol. The Hall–Kier alpha value is -0.920. The first-order chi connectivity index (χ1) is 12.0. The first-order valence-corrected chi connectivity index (χ1v) is 9.94. The molecule has 1 aromatic carbocycles. The van der Waals surface area contributed by atoms with Gasteiger partial charge in [-0.1, -0.05) is 22.0 Å². The summed E-state index contributed by atoms with van der Waals surface area (Å²) >= 11 is 3.67. The molecule has 2 unspecified atom stereocenters. The number of aryl methyl sites for hydroxylation is 1. The Morgan fingerprint density at radius 2 is 2.20 bits per heavy atom. The molecule has 0 saturated carbocycles. The van der Waals surface area contributed by atoms with E-state index in [1.807, 2.05) is 12.1 Å². The number of hydrogen-bond acceptors (Lipinski definition) is 4. The minimum absolute atomic E-state index is 0.661. The highest BCUT2D eigenvalue weighted by atomic mass is 79.9. The van der Waals surface area contributed by atoms with Gasteiger partial charge in [0, 0.05) is 27.7 Å². The molecule has 1 aliphatic rings. The summed E-state index contributed by atoms with van der Waals surface area (Å²) < 4.78 is 1.07. The number of aliphatic hydroxyl groups excluding tert-OH is 1. The van der Waals surface area contributed by atoms with E-state index in [4.69, 9.17) is 11.5 Å². The third-order valence-corrected chi connectivity index (χ3v) is 5.97. The maximum absolute atomic E-state index is 9.87. The molecule has 0 amide bonds. The van der Waals surface area contributed by atoms with Crippen molar-refractivity contribution >= 4 is 26.8 Å². The second kappa shape index (κ2) is 8.18. The molecule has 25 heavy (non-hydrogen) atoms. The van der Waals surface area contributed by atoms with Crippen molar-refractivity contribution in [1.82, 2.24) is 9.88 Å². The number of nitrogens with zero attached hydrogens (tertiary/aromatic N) is 1. The number of nitrogens with two attached hydrogens (primary N) is 2. The van der Waals surface area contributed by atoms with Crippen LogP contribution >= 0.6 is 15.9 Å². The molecule has 6 heteroatoms. The summed E-state index contributed by atoms with van der Waals surface area (Å²) in [7, 11) is 2.21. The Bertz CT molecular complexity index is 728. The van der Waals surface area contributed by atoms with E-state index in [9.17, 15) is 5.11 Å². The Labute approximate surface area is 157 Å². The summed E-state index contributed by atoms with van der Waals surface area (Å²) in [5.74, 6) is 0.661. The highest BCUT2D eigenvalue weighted by Crippen LogP contribution is 2.38. The fraction of sp³-hybridized carbons (Fsp3) is 0.579. The zero-order valence-electron chi connectivity index (χ0n) is 14.9. The number of hydrogen-bond donors (Lipinski definition) is 4. The monoisotopic (exact) mass is 408 g/mol. The second-order valence-corrected chi connectivity index (χ2v) is 8.13. The lowest BCUT2D eigenvalue weighted by Gasteiger charge is -2.27. The quantitative estimate of drug-likeness (QED) is 0.418. The van der Waals surface area contributed by atoms with Crippen LogP contribution in [0.2, 0.25) is 0 Å². The molecule has 138 valence electrons. The Balaban J connectivity index is 1.77. The number of unbranched alkanes of at least 4 members (excludes halogenated alkanes) is 1. The van der Waals surface area contributed by atoms with Gasteiger partial charge in [0.1, 0.15) is 6.23 Å². The van der Waals surface area contributed by atoms with Crippen LogP contribution in [-0.4, -0.2) is 41.7 Å². The van der Waals surface area contributed by atoms with Crippen LogP contribution in [0.5, 0.6) is 0 Å². The fourth-order valence-electron chi connectivity index (χ4n) is 4.05. The molecule has 1 aromatic heterocycles. The number of aliphatic hydroxyl groups is 1. The SMILES string of the molecule is CN(CCCCN)CC1CCc2c([nH]c3c(C(N)O)ccc(Br)c23)C1. The topological polar surface area (TPSA) is 91.3 Å². The van der Waals surface area contributed by atoms with Crippen LogP contribution in [0.3, 0.4) is 0 Å². The fourth-order valence-corrected chi connectivity index (χ4v) is 4.62. The van der Waals surface area contributed by atoms with E-state index in [1.165, 1.54) is 29.5 Å². The zero-order chi connectivity index (χ0) is 18.0. The molecule has 5 nitrogen and oxygen atoms in total. The molecule has 0 fully saturated rings. The third-order valence-electron chi connectivity index (χ3n) is 5.31. The summed E-state index contributed by atoms with van der Waals surface area (Å²) in [6.07, 6.45) is 4.63. The smallest absolute Gasteiger partial charge is 0.130 e. The number of aromatic amines is 1. The van der Waals surface area contributed by atoms with Gasteiger partial charge < -0.3 is 26.5 Å². The predicted octanol–water partition coefficient (Wildman–Crippen LogP) is 2.66. The minimum atomic E-state index is -0.958. The molecule has 1 aliphatic carbocycles. The number of rotatable bonds is 7. The van der Waals surface area contributed by atoms with Crippen molar-refractivity contribution in [3.8, 4) is 0 Å². The van der Waals surface area contributed by atoms with Gasteiger partial charge in [-0.3, -0.25) is 0 Å². The van der Waals surface area contributed by atoms with Gasteiger partial charge in [-0.25, -0.2) is 0 Å². The van der Waals surface area contributed by atoms with Crippen LogP contribution in [-0.2, 0) is 12.8 Å². The molecule has 2 aromatic rings. The standard InChI is InChI=1S/C19H29BrN4O/c1-24(9-3-2-8-21)11-12-4-5-13-16(10-12)23-18-14(19(22)25)6-7-15(20)17(13)18/h6-7,12,19,23,25H,2-5,8-11,21-22H2,1H3. The molecule has 0 bridgehead atoms. The zero-order valence-corrected chi connectivity index (χ0v) is 16.5. The minimum Gasteiger partial charge on any atom is -0.374 e. The van der Waals surface area contributed by atoms with Crippen molar-refractivity contribution in [3.63, 3.8) is 0 Å². The second-order valence-electron chi connectivity index (χ2n) is 7.28. The van der Waals surface area contributed by atoms with E-state index in [0.29, 0.717) is 5.92 Å². The number of benzene rings is 1. The number of H-pyrrole nitrogens is 1. The van der Waals surface area contributed by atoms with Crippen LogP contribution in [0.4, 0.5) is 0 Å². The van der Waals surface area contributed by atoms with E-state index in [-0.39, 0.29) is 0 Å². The summed E-state index contributed by atoms with van der Waals surface area (Å²) in [6.45, 7) is 3.01. The van der Waals surface area contributed by atoms with E-state index < -0.39 is 6.23 Å². The predicted molar refractivity (Wildman–Crippen MR) is 106 cm³/mol. The van der Waals surface area contributed by atoms with E-state index in [1.54, 1.807) is 0 Å². The number of nitrogens with one attached hydrogen (secondary N) is 1. The van der Waals surface area contributed by atoms with Crippen LogP contribution in [0.1, 0.15) is 42.3 Å². The largest absolute Gasteiger partial charge is 0.374 e. The summed E-state index contributed by atoms with van der Waals surface area (Å²) in [4.78, 5) is 5.99.